The fraction of sp³-hybridized carbons (Fsp3) is 0.556. The largest absolute Gasteiger partial charge is 0.450 e. The summed E-state index contributed by atoms with van der Waals surface area (Å²) in [6.45, 7) is 1.50. The van der Waals surface area contributed by atoms with Crippen molar-refractivity contribution in [1.29, 1.82) is 5.26 Å². The highest BCUT2D eigenvalue weighted by atomic mass is 19.4. The van der Waals surface area contributed by atoms with Gasteiger partial charge in [-0.05, 0) is 6.42 Å². The Bertz CT molecular complexity index is 369. The molecule has 0 atom stereocenters. The first-order valence-corrected chi connectivity index (χ1v) is 4.62. The maximum Gasteiger partial charge on any atom is 0.450 e. The first-order chi connectivity index (χ1) is 7.81. The van der Waals surface area contributed by atoms with E-state index in [0.717, 1.165) is 0 Å². The lowest BCUT2D eigenvalue weighted by Crippen LogP contribution is -2.26. The molecule has 1 amide bonds. The van der Waals surface area contributed by atoms with Gasteiger partial charge in [-0.15, -0.1) is 0 Å². The Morgan fingerprint density at radius 3 is 2.41 bits per heavy atom. The van der Waals surface area contributed by atoms with Crippen molar-refractivity contribution >= 4 is 17.4 Å². The Hall–Kier alpha value is -1.91. The van der Waals surface area contributed by atoms with E-state index >= 15 is 0 Å². The van der Waals surface area contributed by atoms with Crippen LogP contribution in [0.4, 0.5) is 13.2 Å². The summed E-state index contributed by atoms with van der Waals surface area (Å²) >= 11 is 0. The molecule has 8 heteroatoms. The van der Waals surface area contributed by atoms with E-state index in [9.17, 15) is 22.8 Å². The van der Waals surface area contributed by atoms with Gasteiger partial charge in [-0.2, -0.15) is 23.5 Å². The van der Waals surface area contributed by atoms with Crippen molar-refractivity contribution in [3.8, 4) is 6.07 Å². The van der Waals surface area contributed by atoms with Crippen molar-refractivity contribution in [3.63, 3.8) is 0 Å². The number of halogens is 3. The molecule has 1 N–H and O–H groups in total. The standard InChI is InChI=1S/C9H10F3N3O2/c1-2-6(5-7(16)9(10,11)12)14-15-8(17)3-4-13/h2-3,5H2,1H3,(H,15,17)/b14-6+. The van der Waals surface area contributed by atoms with Crippen LogP contribution in [-0.2, 0) is 9.59 Å². The minimum Gasteiger partial charge on any atom is -0.289 e. The van der Waals surface area contributed by atoms with Crippen molar-refractivity contribution < 1.29 is 22.8 Å². The average molecular weight is 249 g/mol. The van der Waals surface area contributed by atoms with E-state index in [-0.39, 0.29) is 12.1 Å². The summed E-state index contributed by atoms with van der Waals surface area (Å²) in [5, 5.41) is 11.5. The van der Waals surface area contributed by atoms with E-state index in [4.69, 9.17) is 5.26 Å². The summed E-state index contributed by atoms with van der Waals surface area (Å²) in [6.07, 6.45) is -6.16. The molecule has 0 rings (SSSR count). The van der Waals surface area contributed by atoms with Gasteiger partial charge in [-0.25, -0.2) is 5.43 Å². The number of nitrogens with one attached hydrogen (secondary N) is 1. The summed E-state index contributed by atoms with van der Waals surface area (Å²) in [5.74, 6) is -2.66. The van der Waals surface area contributed by atoms with Crippen LogP contribution < -0.4 is 5.43 Å². The molecule has 5 nitrogen and oxygen atoms in total. The van der Waals surface area contributed by atoms with E-state index in [0.29, 0.717) is 0 Å². The number of carbonyl (C=O) groups excluding carboxylic acids is 2. The molecular weight excluding hydrogens is 239 g/mol. The molecular formula is C9H10F3N3O2. The van der Waals surface area contributed by atoms with Gasteiger partial charge in [-0.1, -0.05) is 6.92 Å². The van der Waals surface area contributed by atoms with Gasteiger partial charge in [0, 0.05) is 5.71 Å². The maximum absolute atomic E-state index is 11.9. The molecule has 0 saturated carbocycles. The molecule has 0 aromatic carbocycles. The number of nitriles is 1. The summed E-state index contributed by atoms with van der Waals surface area (Å²) in [5.41, 5.74) is 1.80. The first kappa shape index (κ1) is 15.1. The SMILES string of the molecule is CC/C(CC(=O)C(F)(F)F)=N\NC(=O)CC#N. The zero-order chi connectivity index (χ0) is 13.5. The van der Waals surface area contributed by atoms with E-state index in [2.05, 4.69) is 5.10 Å². The molecule has 94 valence electrons. The lowest BCUT2D eigenvalue weighted by Gasteiger charge is -2.06. The van der Waals surface area contributed by atoms with Crippen LogP contribution in [0.1, 0.15) is 26.2 Å². The van der Waals surface area contributed by atoms with Crippen molar-refractivity contribution in [2.24, 2.45) is 5.10 Å². The van der Waals surface area contributed by atoms with Gasteiger partial charge in [0.25, 0.3) is 5.91 Å². The zero-order valence-corrected chi connectivity index (χ0v) is 8.97. The second-order valence-electron chi connectivity index (χ2n) is 3.00. The van der Waals surface area contributed by atoms with Crippen LogP contribution in [0.5, 0.6) is 0 Å². The fourth-order valence-electron chi connectivity index (χ4n) is 0.782. The third-order valence-electron chi connectivity index (χ3n) is 1.67. The van der Waals surface area contributed by atoms with Crippen LogP contribution in [0.15, 0.2) is 5.10 Å². The number of nitrogens with zero attached hydrogens (tertiary/aromatic N) is 2. The zero-order valence-electron chi connectivity index (χ0n) is 8.97. The van der Waals surface area contributed by atoms with Crippen molar-refractivity contribution in [2.45, 2.75) is 32.4 Å². The number of ketones is 1. The topological polar surface area (TPSA) is 82.3 Å². The molecule has 0 fully saturated rings. The molecule has 0 heterocycles. The molecule has 0 spiro atoms. The highest BCUT2D eigenvalue weighted by molar-refractivity contribution is 6.04. The predicted octanol–water partition coefficient (Wildman–Crippen LogP) is 1.30. The smallest absolute Gasteiger partial charge is 0.289 e. The van der Waals surface area contributed by atoms with Gasteiger partial charge in [0.1, 0.15) is 6.42 Å². The van der Waals surface area contributed by atoms with Crippen LogP contribution in [-0.4, -0.2) is 23.6 Å². The summed E-state index contributed by atoms with van der Waals surface area (Å²) in [7, 11) is 0. The highest BCUT2D eigenvalue weighted by Crippen LogP contribution is 2.18. The van der Waals surface area contributed by atoms with E-state index in [1.54, 1.807) is 6.07 Å². The molecule has 0 saturated heterocycles. The molecule has 0 aliphatic heterocycles. The molecule has 0 radical (unpaired) electrons. The summed E-state index contributed by atoms with van der Waals surface area (Å²) in [6, 6.07) is 1.55. The Kier molecular flexibility index (Phi) is 5.88. The Morgan fingerprint density at radius 1 is 1.41 bits per heavy atom. The van der Waals surface area contributed by atoms with E-state index < -0.39 is 30.7 Å². The van der Waals surface area contributed by atoms with Gasteiger partial charge in [-0.3, -0.25) is 9.59 Å². The predicted molar refractivity (Wildman–Crippen MR) is 51.8 cm³/mol. The van der Waals surface area contributed by atoms with Crippen LogP contribution in [0.2, 0.25) is 0 Å². The van der Waals surface area contributed by atoms with Crippen molar-refractivity contribution in [3.05, 3.63) is 0 Å². The van der Waals surface area contributed by atoms with Crippen LogP contribution >= 0.6 is 0 Å². The fourth-order valence-corrected chi connectivity index (χ4v) is 0.782. The van der Waals surface area contributed by atoms with Crippen molar-refractivity contribution in [1.82, 2.24) is 5.43 Å². The lowest BCUT2D eigenvalue weighted by atomic mass is 10.1. The van der Waals surface area contributed by atoms with Crippen molar-refractivity contribution in [2.75, 3.05) is 0 Å². The van der Waals surface area contributed by atoms with E-state index in [1.165, 1.54) is 6.92 Å². The minimum atomic E-state index is -4.91. The number of hydrogen-bond acceptors (Lipinski definition) is 4. The Labute approximate surface area is 95.3 Å². The van der Waals surface area contributed by atoms with E-state index in [1.807, 2.05) is 5.43 Å². The maximum atomic E-state index is 11.9. The average Bonchev–Trinajstić information content (AvgIpc) is 2.22. The number of Topliss-reactive ketones (excluding diaryl/α,β-unsaturated/α-hetero) is 1. The Morgan fingerprint density at radius 2 is 2.00 bits per heavy atom. The minimum absolute atomic E-state index is 0.0919. The third-order valence-corrected chi connectivity index (χ3v) is 1.67. The molecule has 17 heavy (non-hydrogen) atoms. The number of hydrazone groups is 1. The third kappa shape index (κ3) is 6.29. The van der Waals surface area contributed by atoms with Gasteiger partial charge < -0.3 is 0 Å². The quantitative estimate of drug-likeness (QED) is 0.589. The van der Waals surface area contributed by atoms with Gasteiger partial charge in [0.15, 0.2) is 0 Å². The van der Waals surface area contributed by atoms with Crippen LogP contribution in [0.3, 0.4) is 0 Å². The monoisotopic (exact) mass is 249 g/mol. The Balaban J connectivity index is 4.44. The van der Waals surface area contributed by atoms with Gasteiger partial charge in [0.05, 0.1) is 12.5 Å². The molecule has 0 aromatic heterocycles. The van der Waals surface area contributed by atoms with Crippen LogP contribution in [0.25, 0.3) is 0 Å². The normalized spacial score (nSPS) is 11.8. The van der Waals surface area contributed by atoms with Crippen LogP contribution in [0, 0.1) is 11.3 Å². The second-order valence-corrected chi connectivity index (χ2v) is 3.00. The summed E-state index contributed by atoms with van der Waals surface area (Å²) < 4.78 is 35.8. The lowest BCUT2D eigenvalue weighted by molar-refractivity contribution is -0.169. The molecule has 0 bridgehead atoms. The number of alkyl halides is 3. The molecule has 0 aromatic rings. The molecule has 0 unspecified atom stereocenters. The van der Waals surface area contributed by atoms with Gasteiger partial charge >= 0.3 is 6.18 Å². The number of hydrogen-bond donors (Lipinski definition) is 1. The molecule has 0 aliphatic carbocycles. The summed E-state index contributed by atoms with van der Waals surface area (Å²) in [4.78, 5) is 21.4. The van der Waals surface area contributed by atoms with Gasteiger partial charge in [0.2, 0.25) is 5.78 Å². The number of amides is 1. The number of rotatable bonds is 5. The second kappa shape index (κ2) is 6.62. The number of carbonyl (C=O) groups is 2. The molecule has 0 aliphatic rings. The first-order valence-electron chi connectivity index (χ1n) is 4.62. The highest BCUT2D eigenvalue weighted by Gasteiger charge is 2.38.